The Morgan fingerprint density at radius 3 is 2.29 bits per heavy atom. The van der Waals surface area contributed by atoms with Crippen molar-refractivity contribution in [3.8, 4) is 0 Å². The number of aromatic amines is 1. The van der Waals surface area contributed by atoms with Crippen molar-refractivity contribution >= 4 is 28.5 Å². The molecule has 1 N–H and O–H groups in total. The number of hydrogen-bond acceptors (Lipinski definition) is 6. The molecule has 0 bridgehead atoms. The van der Waals surface area contributed by atoms with E-state index in [1.54, 1.807) is 18.2 Å². The number of nitrogens with zero attached hydrogens (tertiary/aromatic N) is 4. The predicted molar refractivity (Wildman–Crippen MR) is 112 cm³/mol. The fraction of sp³-hybridized carbons (Fsp3) is 0.476. The van der Waals surface area contributed by atoms with E-state index in [1.807, 2.05) is 0 Å². The summed E-state index contributed by atoms with van der Waals surface area (Å²) in [6.07, 6.45) is -9.71. The van der Waals surface area contributed by atoms with Gasteiger partial charge in [0.1, 0.15) is 6.79 Å². The van der Waals surface area contributed by atoms with Gasteiger partial charge < -0.3 is 19.4 Å². The molecule has 3 aromatic rings. The molecule has 1 aromatic carbocycles. The molecule has 2 aliphatic heterocycles. The van der Waals surface area contributed by atoms with Crippen LogP contribution in [0, 0.1) is 5.92 Å². The zero-order valence-corrected chi connectivity index (χ0v) is 18.6. The van der Waals surface area contributed by atoms with Gasteiger partial charge in [-0.25, -0.2) is 4.98 Å². The van der Waals surface area contributed by atoms with E-state index in [1.165, 1.54) is 4.90 Å². The zero-order valence-electron chi connectivity index (χ0n) is 17.9. The molecule has 4 heterocycles. The number of nitrogens with one attached hydrogen (secondary N) is 1. The van der Waals surface area contributed by atoms with E-state index in [0.29, 0.717) is 36.8 Å². The summed E-state index contributed by atoms with van der Waals surface area (Å²) in [6.45, 7) is 0.887. The number of hydrogen-bond donors (Lipinski definition) is 1. The van der Waals surface area contributed by atoms with Crippen LogP contribution in [-0.2, 0) is 28.2 Å². The molecule has 0 amide bonds. The minimum Gasteiger partial charge on any atom is -0.356 e. The monoisotopic (exact) mass is 521 g/mol. The highest BCUT2D eigenvalue weighted by Gasteiger charge is 2.43. The van der Waals surface area contributed by atoms with Gasteiger partial charge in [-0.15, -0.1) is 0 Å². The summed E-state index contributed by atoms with van der Waals surface area (Å²) in [4.78, 5) is 14.1. The van der Waals surface area contributed by atoms with Gasteiger partial charge in [-0.05, 0) is 36.6 Å². The van der Waals surface area contributed by atoms with Gasteiger partial charge in [0.25, 0.3) is 0 Å². The Morgan fingerprint density at radius 1 is 1.00 bits per heavy atom. The lowest BCUT2D eigenvalue weighted by Crippen LogP contribution is -2.40. The highest BCUT2D eigenvalue weighted by molar-refractivity contribution is 6.31. The van der Waals surface area contributed by atoms with Gasteiger partial charge in [0.15, 0.2) is 0 Å². The Kier molecular flexibility index (Phi) is 6.04. The van der Waals surface area contributed by atoms with Crippen LogP contribution < -0.4 is 4.90 Å². The van der Waals surface area contributed by atoms with Crippen LogP contribution >= 0.6 is 11.6 Å². The first kappa shape index (κ1) is 24.1. The van der Waals surface area contributed by atoms with Gasteiger partial charge in [0, 0.05) is 34.1 Å². The van der Waals surface area contributed by atoms with Crippen molar-refractivity contribution in [3.05, 3.63) is 46.1 Å². The van der Waals surface area contributed by atoms with E-state index in [0.717, 1.165) is 16.5 Å². The van der Waals surface area contributed by atoms with Crippen LogP contribution in [0.25, 0.3) is 10.9 Å². The predicted octanol–water partition coefficient (Wildman–Crippen LogP) is 5.16. The van der Waals surface area contributed by atoms with Crippen molar-refractivity contribution in [3.63, 3.8) is 0 Å². The van der Waals surface area contributed by atoms with Crippen LogP contribution in [0.5, 0.6) is 0 Å². The van der Waals surface area contributed by atoms with E-state index in [9.17, 15) is 26.3 Å². The van der Waals surface area contributed by atoms with Crippen LogP contribution in [0.1, 0.15) is 35.4 Å². The Bertz CT molecular complexity index is 1210. The van der Waals surface area contributed by atoms with Gasteiger partial charge in [0.2, 0.25) is 17.6 Å². The third-order valence-electron chi connectivity index (χ3n) is 6.03. The summed E-state index contributed by atoms with van der Waals surface area (Å²) >= 11 is 6.16. The SMILES string of the molecule is FC(F)(F)c1nc(N2CCc3c([nH]c4ccc(Cl)cc34)C2CC2COCOC2)nc(C(F)(F)F)n1. The second-order valence-corrected chi connectivity index (χ2v) is 8.84. The number of halogens is 7. The van der Waals surface area contributed by atoms with Gasteiger partial charge in [-0.3, -0.25) is 0 Å². The van der Waals surface area contributed by atoms with Gasteiger partial charge in [0.05, 0.1) is 19.3 Å². The molecule has 2 aliphatic rings. The van der Waals surface area contributed by atoms with Gasteiger partial charge in [-0.2, -0.15) is 36.3 Å². The van der Waals surface area contributed by atoms with Crippen LogP contribution in [-0.4, -0.2) is 46.5 Å². The van der Waals surface area contributed by atoms with Crippen molar-refractivity contribution < 1.29 is 35.8 Å². The molecule has 1 fully saturated rings. The largest absolute Gasteiger partial charge is 0.451 e. The molecule has 14 heteroatoms. The Morgan fingerprint density at radius 2 is 1.66 bits per heavy atom. The number of ether oxygens (including phenoxy) is 2. The fourth-order valence-corrected chi connectivity index (χ4v) is 4.73. The summed E-state index contributed by atoms with van der Waals surface area (Å²) in [5.41, 5.74) is 2.30. The van der Waals surface area contributed by atoms with Crippen molar-refractivity contribution in [2.45, 2.75) is 31.2 Å². The van der Waals surface area contributed by atoms with Crippen molar-refractivity contribution in [2.24, 2.45) is 5.92 Å². The molecule has 0 aliphatic carbocycles. The first-order chi connectivity index (χ1) is 16.5. The number of alkyl halides is 6. The third kappa shape index (κ3) is 4.76. The highest BCUT2D eigenvalue weighted by atomic mass is 35.5. The molecule has 0 radical (unpaired) electrons. The number of rotatable bonds is 3. The Labute approximate surface area is 199 Å². The van der Waals surface area contributed by atoms with Crippen LogP contribution in [0.2, 0.25) is 5.02 Å². The van der Waals surface area contributed by atoms with Gasteiger partial charge >= 0.3 is 12.4 Å². The maximum Gasteiger partial charge on any atom is 0.451 e. The number of aromatic nitrogens is 4. The quantitative estimate of drug-likeness (QED) is 0.480. The summed E-state index contributed by atoms with van der Waals surface area (Å²) in [7, 11) is 0. The normalized spacial score (nSPS) is 19.9. The Hall–Kier alpha value is -2.64. The number of fused-ring (bicyclic) bond motifs is 3. The first-order valence-corrected chi connectivity index (χ1v) is 11.0. The topological polar surface area (TPSA) is 76.2 Å². The van der Waals surface area contributed by atoms with Crippen molar-refractivity contribution in [1.82, 2.24) is 19.9 Å². The van der Waals surface area contributed by atoms with Crippen LogP contribution in [0.15, 0.2) is 18.2 Å². The molecule has 35 heavy (non-hydrogen) atoms. The van der Waals surface area contributed by atoms with E-state index in [-0.39, 0.29) is 19.3 Å². The second-order valence-electron chi connectivity index (χ2n) is 8.41. The molecule has 1 saturated heterocycles. The molecular formula is C21H18ClF6N5O2. The molecular weight excluding hydrogens is 504 g/mol. The maximum atomic E-state index is 13.4. The average molecular weight is 522 g/mol. The van der Waals surface area contributed by atoms with Crippen LogP contribution in [0.4, 0.5) is 32.3 Å². The highest BCUT2D eigenvalue weighted by Crippen LogP contribution is 2.41. The molecule has 0 saturated carbocycles. The van der Waals surface area contributed by atoms with Crippen molar-refractivity contribution in [1.29, 1.82) is 0 Å². The first-order valence-electron chi connectivity index (χ1n) is 10.6. The number of H-pyrrole nitrogens is 1. The minimum atomic E-state index is -5.18. The number of anilines is 1. The van der Waals surface area contributed by atoms with Gasteiger partial charge in [-0.1, -0.05) is 11.6 Å². The zero-order chi connectivity index (χ0) is 25.0. The minimum absolute atomic E-state index is 0.0875. The Balaban J connectivity index is 1.63. The molecule has 5 rings (SSSR count). The lowest BCUT2D eigenvalue weighted by Gasteiger charge is -2.38. The molecule has 188 valence electrons. The maximum absolute atomic E-state index is 13.4. The smallest absolute Gasteiger partial charge is 0.356 e. The van der Waals surface area contributed by atoms with E-state index < -0.39 is 36.0 Å². The lowest BCUT2D eigenvalue weighted by molar-refractivity contribution is -0.155. The molecule has 7 nitrogen and oxygen atoms in total. The van der Waals surface area contributed by atoms with E-state index in [4.69, 9.17) is 21.1 Å². The third-order valence-corrected chi connectivity index (χ3v) is 6.27. The number of benzene rings is 1. The standard InChI is InChI=1S/C21H18ClF6N5O2/c22-11-1-2-14-13(6-11)12-3-4-33(15(16(12)29-14)5-10-7-34-9-35-8-10)19-31-17(20(23,24)25)30-18(32-19)21(26,27)28/h1-2,6,10,15,29H,3-5,7-9H2. The lowest BCUT2D eigenvalue weighted by atomic mass is 9.91. The second kappa shape index (κ2) is 8.79. The summed E-state index contributed by atoms with van der Waals surface area (Å²) in [5.74, 6) is -4.63. The van der Waals surface area contributed by atoms with Crippen LogP contribution in [0.3, 0.4) is 0 Å². The summed E-state index contributed by atoms with van der Waals surface area (Å²) in [6, 6.07) is 4.58. The molecule has 2 aromatic heterocycles. The van der Waals surface area contributed by atoms with Crippen molar-refractivity contribution in [2.75, 3.05) is 31.5 Å². The summed E-state index contributed by atoms with van der Waals surface area (Å²) in [5, 5.41) is 1.35. The van der Waals surface area contributed by atoms with E-state index >= 15 is 0 Å². The average Bonchev–Trinajstić information content (AvgIpc) is 3.17. The molecule has 0 spiro atoms. The van der Waals surface area contributed by atoms with E-state index in [2.05, 4.69) is 19.9 Å². The molecule has 1 atom stereocenters. The fourth-order valence-electron chi connectivity index (χ4n) is 4.56. The summed E-state index contributed by atoms with van der Waals surface area (Å²) < 4.78 is 91.1. The molecule has 1 unspecified atom stereocenters.